The molecule has 0 radical (unpaired) electrons. The number of amides is 1. The highest BCUT2D eigenvalue weighted by Crippen LogP contribution is 2.27. The molecule has 1 amide bonds. The minimum atomic E-state index is -4.34. The van der Waals surface area contributed by atoms with E-state index in [0.717, 1.165) is 12.1 Å². The average molecular weight is 415 g/mol. The summed E-state index contributed by atoms with van der Waals surface area (Å²) in [6, 6.07) is 15.7. The van der Waals surface area contributed by atoms with Crippen molar-refractivity contribution in [2.24, 2.45) is 0 Å². The van der Waals surface area contributed by atoms with Crippen LogP contribution in [-0.4, -0.2) is 19.2 Å². The number of nitrogens with one attached hydrogen (secondary N) is 2. The van der Waals surface area contributed by atoms with E-state index in [1.807, 2.05) is 0 Å². The monoisotopic (exact) mass is 415 g/mol. The van der Waals surface area contributed by atoms with Gasteiger partial charge in [-0.2, -0.15) is 0 Å². The van der Waals surface area contributed by atoms with Gasteiger partial charge in [-0.05, 0) is 42.5 Å². The number of nitro groups is 1. The number of para-hydroxylation sites is 2. The molecule has 0 spiro atoms. The summed E-state index contributed by atoms with van der Waals surface area (Å²) in [6.07, 6.45) is 0. The Kier molecular flexibility index (Phi) is 5.55. The van der Waals surface area contributed by atoms with Crippen LogP contribution in [-0.2, 0) is 10.0 Å². The maximum atomic E-state index is 13.0. The first kappa shape index (κ1) is 20.0. The van der Waals surface area contributed by atoms with Crippen molar-refractivity contribution in [3.8, 4) is 0 Å². The smallest absolute Gasteiger partial charge is 0.289 e. The van der Waals surface area contributed by atoms with Gasteiger partial charge in [-0.1, -0.05) is 24.3 Å². The van der Waals surface area contributed by atoms with Crippen molar-refractivity contribution in [1.29, 1.82) is 0 Å². The van der Waals surface area contributed by atoms with Crippen LogP contribution >= 0.6 is 0 Å². The van der Waals surface area contributed by atoms with E-state index in [4.69, 9.17) is 0 Å². The summed E-state index contributed by atoms with van der Waals surface area (Å²) in [5.74, 6) is -1.11. The van der Waals surface area contributed by atoms with Crippen LogP contribution in [0.5, 0.6) is 0 Å². The maximum absolute atomic E-state index is 13.0. The van der Waals surface area contributed by atoms with Crippen molar-refractivity contribution in [3.63, 3.8) is 0 Å². The van der Waals surface area contributed by atoms with E-state index in [0.29, 0.717) is 5.69 Å². The average Bonchev–Trinajstić information content (AvgIpc) is 2.70. The van der Waals surface area contributed by atoms with Crippen LogP contribution in [0.15, 0.2) is 77.7 Å². The van der Waals surface area contributed by atoms with E-state index in [1.165, 1.54) is 60.7 Å². The van der Waals surface area contributed by atoms with Gasteiger partial charge in [0.2, 0.25) is 0 Å². The summed E-state index contributed by atoms with van der Waals surface area (Å²) in [6.45, 7) is 0. The Morgan fingerprint density at radius 2 is 1.55 bits per heavy atom. The van der Waals surface area contributed by atoms with Crippen LogP contribution in [0.1, 0.15) is 10.4 Å². The van der Waals surface area contributed by atoms with Crippen molar-refractivity contribution >= 4 is 33.0 Å². The standard InChI is InChI=1S/C19H14FN3O5S/c20-13-9-11-14(12-10-13)21-19(24)15-5-1-2-6-16(15)22-29(27,28)18-8-4-3-7-17(18)23(25)26/h1-12,22H,(H,21,24). The van der Waals surface area contributed by atoms with Crippen LogP contribution in [0.25, 0.3) is 0 Å². The molecule has 0 saturated heterocycles. The van der Waals surface area contributed by atoms with Gasteiger partial charge in [0.05, 0.1) is 16.2 Å². The largest absolute Gasteiger partial charge is 0.322 e. The Bertz CT molecular complexity index is 1180. The van der Waals surface area contributed by atoms with Crippen molar-refractivity contribution in [2.75, 3.05) is 10.0 Å². The molecule has 0 fully saturated rings. The fourth-order valence-corrected chi connectivity index (χ4v) is 3.79. The first-order valence-corrected chi connectivity index (χ1v) is 9.68. The normalized spacial score (nSPS) is 10.9. The van der Waals surface area contributed by atoms with E-state index in [1.54, 1.807) is 0 Å². The second kappa shape index (κ2) is 8.07. The predicted octanol–water partition coefficient (Wildman–Crippen LogP) is 3.79. The summed E-state index contributed by atoms with van der Waals surface area (Å²) in [7, 11) is -4.34. The molecule has 148 valence electrons. The molecule has 0 aliphatic heterocycles. The molecule has 0 bridgehead atoms. The number of halogens is 1. The molecule has 0 aliphatic carbocycles. The van der Waals surface area contributed by atoms with Gasteiger partial charge in [-0.15, -0.1) is 0 Å². The van der Waals surface area contributed by atoms with Gasteiger partial charge in [0.1, 0.15) is 5.82 Å². The summed E-state index contributed by atoms with van der Waals surface area (Å²) in [5.41, 5.74) is -0.356. The molecule has 8 nitrogen and oxygen atoms in total. The SMILES string of the molecule is O=C(Nc1ccc(F)cc1)c1ccccc1NS(=O)(=O)c1ccccc1[N+](=O)[O-]. The summed E-state index contributed by atoms with van der Waals surface area (Å²) in [5, 5.41) is 13.7. The van der Waals surface area contributed by atoms with Gasteiger partial charge >= 0.3 is 0 Å². The van der Waals surface area contributed by atoms with Crippen LogP contribution in [0.2, 0.25) is 0 Å². The number of carbonyl (C=O) groups is 1. The van der Waals surface area contributed by atoms with Crippen LogP contribution in [0.4, 0.5) is 21.5 Å². The molecule has 3 aromatic rings. The molecule has 0 aliphatic rings. The summed E-state index contributed by atoms with van der Waals surface area (Å²) >= 11 is 0. The lowest BCUT2D eigenvalue weighted by Gasteiger charge is -2.13. The van der Waals surface area contributed by atoms with Gasteiger partial charge in [0.15, 0.2) is 4.90 Å². The fraction of sp³-hybridized carbons (Fsp3) is 0. The third-order valence-electron chi connectivity index (χ3n) is 3.87. The molecule has 3 aromatic carbocycles. The molecule has 3 rings (SSSR count). The number of rotatable bonds is 6. The molecule has 10 heteroatoms. The quantitative estimate of drug-likeness (QED) is 0.469. The Morgan fingerprint density at radius 3 is 2.24 bits per heavy atom. The van der Waals surface area contributed by atoms with Crippen molar-refractivity contribution in [3.05, 3.63) is 94.3 Å². The van der Waals surface area contributed by atoms with Gasteiger partial charge < -0.3 is 5.32 Å². The van der Waals surface area contributed by atoms with Gasteiger partial charge in [-0.3, -0.25) is 19.6 Å². The maximum Gasteiger partial charge on any atom is 0.289 e. The Labute approximate surface area is 165 Å². The molecule has 2 N–H and O–H groups in total. The molecule has 29 heavy (non-hydrogen) atoms. The topological polar surface area (TPSA) is 118 Å². The zero-order chi connectivity index (χ0) is 21.0. The fourth-order valence-electron chi connectivity index (χ4n) is 2.54. The lowest BCUT2D eigenvalue weighted by molar-refractivity contribution is -0.387. The number of benzene rings is 3. The molecular formula is C19H14FN3O5S. The van der Waals surface area contributed by atoms with Gasteiger partial charge in [0, 0.05) is 11.8 Å². The second-order valence-electron chi connectivity index (χ2n) is 5.84. The minimum absolute atomic E-state index is 0.0148. The van der Waals surface area contributed by atoms with Crippen LogP contribution in [0.3, 0.4) is 0 Å². The number of carbonyl (C=O) groups excluding carboxylic acids is 1. The zero-order valence-electron chi connectivity index (χ0n) is 14.7. The van der Waals surface area contributed by atoms with Gasteiger partial charge in [0.25, 0.3) is 21.6 Å². The highest BCUT2D eigenvalue weighted by molar-refractivity contribution is 7.92. The van der Waals surface area contributed by atoms with E-state index in [9.17, 15) is 27.7 Å². The lowest BCUT2D eigenvalue weighted by atomic mass is 10.1. The van der Waals surface area contributed by atoms with Crippen molar-refractivity contribution in [2.45, 2.75) is 4.90 Å². The van der Waals surface area contributed by atoms with E-state index in [2.05, 4.69) is 10.0 Å². The van der Waals surface area contributed by atoms with E-state index < -0.39 is 37.3 Å². The number of hydrogen-bond acceptors (Lipinski definition) is 5. The van der Waals surface area contributed by atoms with Crippen LogP contribution < -0.4 is 10.0 Å². The molecule has 0 heterocycles. The number of nitrogens with zero attached hydrogens (tertiary/aromatic N) is 1. The Hall–Kier alpha value is -3.79. The third kappa shape index (κ3) is 4.55. The van der Waals surface area contributed by atoms with E-state index in [-0.39, 0.29) is 11.3 Å². The number of sulfonamides is 1. The van der Waals surface area contributed by atoms with Gasteiger partial charge in [-0.25, -0.2) is 12.8 Å². The first-order chi connectivity index (χ1) is 13.8. The minimum Gasteiger partial charge on any atom is -0.322 e. The summed E-state index contributed by atoms with van der Waals surface area (Å²) < 4.78 is 40.6. The highest BCUT2D eigenvalue weighted by atomic mass is 32.2. The lowest BCUT2D eigenvalue weighted by Crippen LogP contribution is -2.19. The molecular weight excluding hydrogens is 401 g/mol. The molecule has 0 aromatic heterocycles. The molecule has 0 atom stereocenters. The predicted molar refractivity (Wildman–Crippen MR) is 105 cm³/mol. The molecule has 0 saturated carbocycles. The summed E-state index contributed by atoms with van der Waals surface area (Å²) in [4.78, 5) is 22.4. The van der Waals surface area contributed by atoms with Crippen molar-refractivity contribution in [1.82, 2.24) is 0 Å². The second-order valence-corrected chi connectivity index (χ2v) is 7.49. The van der Waals surface area contributed by atoms with Crippen molar-refractivity contribution < 1.29 is 22.5 Å². The Balaban J connectivity index is 1.92. The highest BCUT2D eigenvalue weighted by Gasteiger charge is 2.26. The number of hydrogen-bond donors (Lipinski definition) is 2. The number of anilines is 2. The molecule has 0 unspecified atom stereocenters. The van der Waals surface area contributed by atoms with E-state index >= 15 is 0 Å². The van der Waals surface area contributed by atoms with Crippen LogP contribution in [0, 0.1) is 15.9 Å². The first-order valence-electron chi connectivity index (χ1n) is 8.20. The number of nitro benzene ring substituents is 1. The Morgan fingerprint density at radius 1 is 0.931 bits per heavy atom. The third-order valence-corrected chi connectivity index (χ3v) is 5.28. The zero-order valence-corrected chi connectivity index (χ0v) is 15.5.